The van der Waals surface area contributed by atoms with Crippen LogP contribution in [0.1, 0.15) is 87.8 Å². The second-order valence-electron chi connectivity index (χ2n) is 6.93. The second kappa shape index (κ2) is 7.47. The first-order valence-electron chi connectivity index (χ1n) is 9.22. The summed E-state index contributed by atoms with van der Waals surface area (Å²) in [5.74, 6) is -3.41. The number of Topliss-reactive ketones (excluding diaryl/α,β-unsaturated/α-hetero) is 2. The number of esters is 4. The number of fused-ring (bicyclic) bond motifs is 2. The Hall–Kier alpha value is -3.94. The van der Waals surface area contributed by atoms with E-state index in [2.05, 4.69) is 9.47 Å². The third kappa shape index (κ3) is 3.43. The molecule has 0 atom stereocenters. The lowest BCUT2D eigenvalue weighted by Crippen LogP contribution is -2.04. The SMILES string of the molecule is O=C(CCCCC(=O)c1ccc2c(c1)C(=O)OC2=O)c1ccc2c(c1)C(=O)OC2=O. The van der Waals surface area contributed by atoms with Crippen molar-refractivity contribution in [2.45, 2.75) is 25.7 Å². The Kier molecular flexibility index (Phi) is 4.83. The average Bonchev–Trinajstić information content (AvgIpc) is 3.19. The third-order valence-electron chi connectivity index (χ3n) is 4.99. The Balaban J connectivity index is 1.31. The van der Waals surface area contributed by atoms with Gasteiger partial charge in [-0.2, -0.15) is 0 Å². The highest BCUT2D eigenvalue weighted by atomic mass is 16.6. The van der Waals surface area contributed by atoms with Crippen LogP contribution < -0.4 is 0 Å². The van der Waals surface area contributed by atoms with Gasteiger partial charge in [-0.15, -0.1) is 0 Å². The Labute approximate surface area is 169 Å². The topological polar surface area (TPSA) is 121 Å². The molecule has 2 heterocycles. The molecule has 0 radical (unpaired) electrons. The molecule has 150 valence electrons. The molecule has 8 nitrogen and oxygen atoms in total. The van der Waals surface area contributed by atoms with E-state index in [1.165, 1.54) is 36.4 Å². The van der Waals surface area contributed by atoms with E-state index < -0.39 is 23.9 Å². The van der Waals surface area contributed by atoms with Crippen molar-refractivity contribution in [3.05, 3.63) is 69.8 Å². The fourth-order valence-electron chi connectivity index (χ4n) is 3.38. The number of hydrogen-bond acceptors (Lipinski definition) is 8. The zero-order valence-corrected chi connectivity index (χ0v) is 15.6. The highest BCUT2D eigenvalue weighted by Crippen LogP contribution is 2.24. The Morgan fingerprint density at radius 3 is 1.33 bits per heavy atom. The lowest BCUT2D eigenvalue weighted by Gasteiger charge is -2.04. The predicted octanol–water partition coefficient (Wildman–Crippen LogP) is 2.93. The van der Waals surface area contributed by atoms with Crippen LogP contribution in [0.4, 0.5) is 0 Å². The van der Waals surface area contributed by atoms with Crippen molar-refractivity contribution in [2.75, 3.05) is 0 Å². The molecule has 0 unspecified atom stereocenters. The van der Waals surface area contributed by atoms with Crippen LogP contribution in [0.2, 0.25) is 0 Å². The smallest absolute Gasteiger partial charge is 0.346 e. The minimum atomic E-state index is -0.768. The number of carbonyl (C=O) groups excluding carboxylic acids is 6. The van der Waals surface area contributed by atoms with Gasteiger partial charge in [-0.05, 0) is 37.1 Å². The summed E-state index contributed by atoms with van der Waals surface area (Å²) < 4.78 is 9.00. The minimum absolute atomic E-state index is 0.0784. The summed E-state index contributed by atoms with van der Waals surface area (Å²) in [5, 5.41) is 0. The van der Waals surface area contributed by atoms with Crippen LogP contribution in [-0.4, -0.2) is 35.4 Å². The molecular weight excluding hydrogens is 392 g/mol. The lowest BCUT2D eigenvalue weighted by molar-refractivity contribution is 0.0425. The van der Waals surface area contributed by atoms with E-state index in [1.54, 1.807) is 0 Å². The molecule has 4 rings (SSSR count). The van der Waals surface area contributed by atoms with Crippen LogP contribution in [0.15, 0.2) is 36.4 Å². The van der Waals surface area contributed by atoms with Gasteiger partial charge in [0, 0.05) is 24.0 Å². The lowest BCUT2D eigenvalue weighted by atomic mass is 9.98. The molecule has 0 bridgehead atoms. The summed E-state index contributed by atoms with van der Waals surface area (Å²) in [6, 6.07) is 8.42. The molecule has 2 aromatic rings. The van der Waals surface area contributed by atoms with E-state index >= 15 is 0 Å². The van der Waals surface area contributed by atoms with Crippen molar-refractivity contribution in [1.82, 2.24) is 0 Å². The minimum Gasteiger partial charge on any atom is -0.386 e. The van der Waals surface area contributed by atoms with Crippen molar-refractivity contribution in [1.29, 1.82) is 0 Å². The van der Waals surface area contributed by atoms with Gasteiger partial charge in [0.05, 0.1) is 22.3 Å². The van der Waals surface area contributed by atoms with E-state index in [9.17, 15) is 28.8 Å². The Morgan fingerprint density at radius 2 is 0.933 bits per heavy atom. The number of hydrogen-bond donors (Lipinski definition) is 0. The maximum absolute atomic E-state index is 12.3. The van der Waals surface area contributed by atoms with Gasteiger partial charge in [0.2, 0.25) is 0 Å². The largest absolute Gasteiger partial charge is 0.386 e. The number of carbonyl (C=O) groups is 6. The molecule has 8 heteroatoms. The molecule has 0 aliphatic carbocycles. The van der Waals surface area contributed by atoms with Crippen molar-refractivity contribution >= 4 is 35.4 Å². The maximum atomic E-state index is 12.3. The fraction of sp³-hybridized carbons (Fsp3) is 0.182. The number of ether oxygens (including phenoxy) is 2. The average molecular weight is 406 g/mol. The monoisotopic (exact) mass is 406 g/mol. The highest BCUT2D eigenvalue weighted by molar-refractivity contribution is 6.16. The van der Waals surface area contributed by atoms with Crippen molar-refractivity contribution in [3.63, 3.8) is 0 Å². The van der Waals surface area contributed by atoms with E-state index in [1.807, 2.05) is 0 Å². The van der Waals surface area contributed by atoms with Crippen molar-refractivity contribution in [2.24, 2.45) is 0 Å². The molecule has 30 heavy (non-hydrogen) atoms. The molecule has 0 spiro atoms. The molecule has 2 aliphatic heterocycles. The van der Waals surface area contributed by atoms with Gasteiger partial charge < -0.3 is 9.47 Å². The first-order valence-corrected chi connectivity index (χ1v) is 9.22. The van der Waals surface area contributed by atoms with E-state index in [0.717, 1.165) is 0 Å². The number of ketones is 2. The number of rotatable bonds is 7. The summed E-state index contributed by atoms with van der Waals surface area (Å²) in [6.07, 6.45) is 1.22. The molecular formula is C22H14O8. The summed E-state index contributed by atoms with van der Waals surface area (Å²) in [6.45, 7) is 0. The number of unbranched alkanes of at least 4 members (excludes halogenated alkanes) is 1. The normalized spacial score (nSPS) is 14.3. The molecule has 0 fully saturated rings. The fourth-order valence-corrected chi connectivity index (χ4v) is 3.38. The maximum Gasteiger partial charge on any atom is 0.346 e. The summed E-state index contributed by atoms with van der Waals surface area (Å²) >= 11 is 0. The first kappa shape index (κ1) is 19.4. The third-order valence-corrected chi connectivity index (χ3v) is 4.99. The molecule has 0 N–H and O–H groups in total. The van der Waals surface area contributed by atoms with Crippen LogP contribution >= 0.6 is 0 Å². The molecule has 0 amide bonds. The number of benzene rings is 2. The van der Waals surface area contributed by atoms with Crippen molar-refractivity contribution in [3.8, 4) is 0 Å². The zero-order chi connectivity index (χ0) is 21.4. The Bertz CT molecular complexity index is 1070. The van der Waals surface area contributed by atoms with Gasteiger partial charge in [0.1, 0.15) is 0 Å². The van der Waals surface area contributed by atoms with Gasteiger partial charge in [-0.1, -0.05) is 12.1 Å². The molecule has 0 aromatic heterocycles. The summed E-state index contributed by atoms with van der Waals surface area (Å²) in [7, 11) is 0. The summed E-state index contributed by atoms with van der Waals surface area (Å²) in [4.78, 5) is 70.7. The van der Waals surface area contributed by atoms with Crippen LogP contribution in [-0.2, 0) is 9.47 Å². The highest BCUT2D eigenvalue weighted by Gasteiger charge is 2.31. The molecule has 0 saturated heterocycles. The standard InChI is InChI=1S/C22H14O8/c23-17(11-5-7-13-15(9-11)21(27)29-19(13)25)3-1-2-4-18(24)12-6-8-14-16(10-12)22(28)30-20(14)26/h5-10H,1-4H2. The Morgan fingerprint density at radius 1 is 0.567 bits per heavy atom. The van der Waals surface area contributed by atoms with Crippen LogP contribution in [0.3, 0.4) is 0 Å². The number of cyclic esters (lactones) is 4. The second-order valence-corrected chi connectivity index (χ2v) is 6.93. The zero-order valence-electron chi connectivity index (χ0n) is 15.6. The van der Waals surface area contributed by atoms with Gasteiger partial charge in [0.15, 0.2) is 11.6 Å². The van der Waals surface area contributed by atoms with E-state index in [0.29, 0.717) is 24.0 Å². The van der Waals surface area contributed by atoms with Gasteiger partial charge in [-0.25, -0.2) is 19.2 Å². The van der Waals surface area contributed by atoms with Crippen LogP contribution in [0, 0.1) is 0 Å². The molecule has 2 aliphatic rings. The van der Waals surface area contributed by atoms with Crippen LogP contribution in [0.25, 0.3) is 0 Å². The van der Waals surface area contributed by atoms with Gasteiger partial charge in [0.25, 0.3) is 0 Å². The molecule has 2 aromatic carbocycles. The first-order chi connectivity index (χ1) is 14.3. The van der Waals surface area contributed by atoms with E-state index in [4.69, 9.17) is 0 Å². The van der Waals surface area contributed by atoms with Gasteiger partial charge >= 0.3 is 23.9 Å². The quantitative estimate of drug-likeness (QED) is 0.298. The van der Waals surface area contributed by atoms with Crippen molar-refractivity contribution < 1.29 is 38.2 Å². The summed E-state index contributed by atoms with van der Waals surface area (Å²) in [5.41, 5.74) is 1.04. The van der Waals surface area contributed by atoms with E-state index in [-0.39, 0.29) is 46.7 Å². The van der Waals surface area contributed by atoms with Gasteiger partial charge in [-0.3, -0.25) is 9.59 Å². The molecule has 0 saturated carbocycles. The van der Waals surface area contributed by atoms with Crippen LogP contribution in [0.5, 0.6) is 0 Å². The predicted molar refractivity (Wildman–Crippen MR) is 99.5 cm³/mol.